The number of nitrogens with two attached hydrogens (primary N) is 1. The van der Waals surface area contributed by atoms with Gasteiger partial charge in [0.25, 0.3) is 0 Å². The summed E-state index contributed by atoms with van der Waals surface area (Å²) in [6.45, 7) is 7.00. The van der Waals surface area contributed by atoms with Crippen LogP contribution in [-0.2, 0) is 11.2 Å². The number of benzene rings is 1. The fraction of sp³-hybridized carbons (Fsp3) is 0.571. The van der Waals surface area contributed by atoms with E-state index in [1.54, 1.807) is 0 Å². The lowest BCUT2D eigenvalue weighted by Crippen LogP contribution is -2.27. The SMILES string of the molecule is CC(C)(C)OCC1Cc2ccccc2C1N. The summed E-state index contributed by atoms with van der Waals surface area (Å²) in [6, 6.07) is 8.59. The number of hydrogen-bond donors (Lipinski definition) is 1. The summed E-state index contributed by atoms with van der Waals surface area (Å²) in [5, 5.41) is 0. The van der Waals surface area contributed by atoms with E-state index in [1.165, 1.54) is 11.1 Å². The van der Waals surface area contributed by atoms with Crippen molar-refractivity contribution in [1.29, 1.82) is 0 Å². The highest BCUT2D eigenvalue weighted by molar-refractivity contribution is 5.35. The summed E-state index contributed by atoms with van der Waals surface area (Å²) >= 11 is 0. The molecule has 0 saturated carbocycles. The highest BCUT2D eigenvalue weighted by Gasteiger charge is 2.30. The van der Waals surface area contributed by atoms with Gasteiger partial charge in [0.05, 0.1) is 12.2 Å². The zero-order valence-corrected chi connectivity index (χ0v) is 10.4. The van der Waals surface area contributed by atoms with Gasteiger partial charge in [-0.25, -0.2) is 0 Å². The molecule has 2 atom stereocenters. The molecule has 0 aromatic heterocycles. The molecule has 16 heavy (non-hydrogen) atoms. The van der Waals surface area contributed by atoms with E-state index in [0.29, 0.717) is 5.92 Å². The molecule has 0 bridgehead atoms. The van der Waals surface area contributed by atoms with Gasteiger partial charge in [-0.1, -0.05) is 24.3 Å². The van der Waals surface area contributed by atoms with Crippen molar-refractivity contribution in [3.8, 4) is 0 Å². The van der Waals surface area contributed by atoms with Crippen molar-refractivity contribution < 1.29 is 4.74 Å². The van der Waals surface area contributed by atoms with Crippen molar-refractivity contribution in [1.82, 2.24) is 0 Å². The van der Waals surface area contributed by atoms with Crippen molar-refractivity contribution in [2.45, 2.75) is 38.8 Å². The van der Waals surface area contributed by atoms with E-state index in [1.807, 2.05) is 0 Å². The molecule has 2 rings (SSSR count). The fourth-order valence-electron chi connectivity index (χ4n) is 2.23. The van der Waals surface area contributed by atoms with Gasteiger partial charge < -0.3 is 10.5 Å². The lowest BCUT2D eigenvalue weighted by atomic mass is 10.0. The maximum atomic E-state index is 6.24. The minimum atomic E-state index is -0.0749. The van der Waals surface area contributed by atoms with Crippen LogP contribution in [0.5, 0.6) is 0 Å². The largest absolute Gasteiger partial charge is 0.375 e. The van der Waals surface area contributed by atoms with Gasteiger partial charge >= 0.3 is 0 Å². The summed E-state index contributed by atoms with van der Waals surface area (Å²) in [7, 11) is 0. The lowest BCUT2D eigenvalue weighted by molar-refractivity contribution is -0.0243. The normalized spacial score (nSPS) is 24.5. The van der Waals surface area contributed by atoms with Crippen molar-refractivity contribution in [2.75, 3.05) is 6.61 Å². The second-order valence-electron chi connectivity index (χ2n) is 5.61. The van der Waals surface area contributed by atoms with Gasteiger partial charge in [0.1, 0.15) is 0 Å². The maximum Gasteiger partial charge on any atom is 0.0598 e. The third kappa shape index (κ3) is 2.45. The van der Waals surface area contributed by atoms with Crippen molar-refractivity contribution >= 4 is 0 Å². The molecule has 0 amide bonds. The van der Waals surface area contributed by atoms with E-state index in [2.05, 4.69) is 45.0 Å². The third-order valence-electron chi connectivity index (χ3n) is 3.13. The molecule has 0 fully saturated rings. The van der Waals surface area contributed by atoms with Crippen LogP contribution >= 0.6 is 0 Å². The van der Waals surface area contributed by atoms with Crippen LogP contribution in [0.3, 0.4) is 0 Å². The molecule has 1 aromatic rings. The van der Waals surface area contributed by atoms with E-state index < -0.39 is 0 Å². The second kappa shape index (κ2) is 4.19. The molecule has 0 spiro atoms. The predicted molar refractivity (Wildman–Crippen MR) is 66.3 cm³/mol. The first-order valence-corrected chi connectivity index (χ1v) is 5.95. The van der Waals surface area contributed by atoms with Gasteiger partial charge in [-0.05, 0) is 38.3 Å². The summed E-state index contributed by atoms with van der Waals surface area (Å²) in [4.78, 5) is 0. The van der Waals surface area contributed by atoms with Gasteiger partial charge in [-0.3, -0.25) is 0 Å². The van der Waals surface area contributed by atoms with E-state index in [-0.39, 0.29) is 11.6 Å². The van der Waals surface area contributed by atoms with Gasteiger partial charge in [0, 0.05) is 12.0 Å². The van der Waals surface area contributed by atoms with Gasteiger partial charge in [0.15, 0.2) is 0 Å². The number of hydrogen-bond acceptors (Lipinski definition) is 2. The highest BCUT2D eigenvalue weighted by atomic mass is 16.5. The van der Waals surface area contributed by atoms with Crippen molar-refractivity contribution in [2.24, 2.45) is 11.7 Å². The first-order chi connectivity index (χ1) is 7.47. The Kier molecular flexibility index (Phi) is 3.04. The molecule has 2 N–H and O–H groups in total. The van der Waals surface area contributed by atoms with Crippen molar-refractivity contribution in [3.05, 3.63) is 35.4 Å². The van der Waals surface area contributed by atoms with E-state index in [9.17, 15) is 0 Å². The van der Waals surface area contributed by atoms with Crippen molar-refractivity contribution in [3.63, 3.8) is 0 Å². The average molecular weight is 219 g/mol. The molecule has 0 radical (unpaired) electrons. The molecule has 0 saturated heterocycles. The Hall–Kier alpha value is -0.860. The number of rotatable bonds is 2. The molecule has 88 valence electrons. The van der Waals surface area contributed by atoms with Crippen LogP contribution in [-0.4, -0.2) is 12.2 Å². The topological polar surface area (TPSA) is 35.2 Å². The summed E-state index contributed by atoms with van der Waals surface area (Å²) in [5.41, 5.74) is 8.85. The van der Waals surface area contributed by atoms with Crippen LogP contribution in [0.25, 0.3) is 0 Å². The fourth-order valence-corrected chi connectivity index (χ4v) is 2.23. The number of ether oxygens (including phenoxy) is 1. The Morgan fingerprint density at radius 3 is 2.62 bits per heavy atom. The smallest absolute Gasteiger partial charge is 0.0598 e. The van der Waals surface area contributed by atoms with Crippen LogP contribution in [0.2, 0.25) is 0 Å². The minimum absolute atomic E-state index is 0.0749. The van der Waals surface area contributed by atoms with Gasteiger partial charge in [-0.2, -0.15) is 0 Å². The highest BCUT2D eigenvalue weighted by Crippen LogP contribution is 2.34. The summed E-state index contributed by atoms with van der Waals surface area (Å²) in [6.07, 6.45) is 1.05. The molecule has 1 aliphatic rings. The molecule has 1 aliphatic carbocycles. The Balaban J connectivity index is 2.02. The van der Waals surface area contributed by atoms with Gasteiger partial charge in [0.2, 0.25) is 0 Å². The van der Waals surface area contributed by atoms with Crippen LogP contribution < -0.4 is 5.73 Å². The van der Waals surface area contributed by atoms with Crippen LogP contribution in [0.4, 0.5) is 0 Å². The van der Waals surface area contributed by atoms with Crippen LogP contribution in [0.1, 0.15) is 37.9 Å². The monoisotopic (exact) mass is 219 g/mol. The molecule has 0 aliphatic heterocycles. The first kappa shape index (κ1) is 11.6. The Bertz CT molecular complexity index is 367. The zero-order chi connectivity index (χ0) is 11.8. The maximum absolute atomic E-state index is 6.24. The van der Waals surface area contributed by atoms with E-state index >= 15 is 0 Å². The first-order valence-electron chi connectivity index (χ1n) is 5.95. The Morgan fingerprint density at radius 2 is 2.00 bits per heavy atom. The second-order valence-corrected chi connectivity index (χ2v) is 5.61. The minimum Gasteiger partial charge on any atom is -0.375 e. The Morgan fingerprint density at radius 1 is 1.31 bits per heavy atom. The molecular weight excluding hydrogens is 198 g/mol. The summed E-state index contributed by atoms with van der Waals surface area (Å²) < 4.78 is 5.83. The van der Waals surface area contributed by atoms with E-state index in [4.69, 9.17) is 10.5 Å². The summed E-state index contributed by atoms with van der Waals surface area (Å²) in [5.74, 6) is 0.427. The zero-order valence-electron chi connectivity index (χ0n) is 10.4. The molecule has 0 heterocycles. The quantitative estimate of drug-likeness (QED) is 0.830. The lowest BCUT2D eigenvalue weighted by Gasteiger charge is -2.24. The molecule has 2 unspecified atom stereocenters. The van der Waals surface area contributed by atoms with Crippen LogP contribution in [0.15, 0.2) is 24.3 Å². The number of fused-ring (bicyclic) bond motifs is 1. The molecular formula is C14H21NO. The average Bonchev–Trinajstić information content (AvgIpc) is 2.53. The van der Waals surface area contributed by atoms with Crippen LogP contribution in [0, 0.1) is 5.92 Å². The molecule has 2 heteroatoms. The predicted octanol–water partition coefficient (Wildman–Crippen LogP) is 2.67. The van der Waals surface area contributed by atoms with Gasteiger partial charge in [-0.15, -0.1) is 0 Å². The molecule has 1 aromatic carbocycles. The van der Waals surface area contributed by atoms with E-state index in [0.717, 1.165) is 13.0 Å². The third-order valence-corrected chi connectivity index (χ3v) is 3.13. The Labute approximate surface area is 97.8 Å². The molecule has 2 nitrogen and oxygen atoms in total. The standard InChI is InChI=1S/C14H21NO/c1-14(2,3)16-9-11-8-10-6-4-5-7-12(10)13(11)15/h4-7,11,13H,8-9,15H2,1-3H3.